The van der Waals surface area contributed by atoms with E-state index in [9.17, 15) is 9.59 Å². The van der Waals surface area contributed by atoms with Gasteiger partial charge in [0.2, 0.25) is 11.8 Å². The van der Waals surface area contributed by atoms with Gasteiger partial charge in [-0.2, -0.15) is 0 Å². The van der Waals surface area contributed by atoms with E-state index in [0.29, 0.717) is 25.5 Å². The summed E-state index contributed by atoms with van der Waals surface area (Å²) in [5, 5.41) is 3.13. The molecular weight excluding hydrogens is 380 g/mol. The maximum atomic E-state index is 13.0. The van der Waals surface area contributed by atoms with Crippen LogP contribution >= 0.6 is 0 Å². The lowest BCUT2D eigenvalue weighted by Crippen LogP contribution is -2.44. The van der Waals surface area contributed by atoms with Gasteiger partial charge in [0.1, 0.15) is 13.2 Å². The van der Waals surface area contributed by atoms with E-state index in [1.165, 1.54) is 0 Å². The van der Waals surface area contributed by atoms with Gasteiger partial charge in [-0.05, 0) is 44.0 Å². The molecule has 4 rings (SSSR count). The van der Waals surface area contributed by atoms with Crippen LogP contribution in [-0.2, 0) is 15.1 Å². The molecule has 0 bridgehead atoms. The van der Waals surface area contributed by atoms with Crippen molar-refractivity contribution >= 4 is 11.8 Å². The molecule has 6 heteroatoms. The number of hydrogen-bond donors (Lipinski definition) is 1. The largest absolute Gasteiger partial charge is 0.486 e. The number of ether oxygens (including phenoxy) is 2. The fourth-order valence-corrected chi connectivity index (χ4v) is 4.11. The van der Waals surface area contributed by atoms with Crippen molar-refractivity contribution in [3.8, 4) is 11.5 Å². The van der Waals surface area contributed by atoms with Crippen LogP contribution in [0.1, 0.15) is 44.4 Å². The Morgan fingerprint density at radius 3 is 2.53 bits per heavy atom. The average molecular weight is 408 g/mol. The summed E-state index contributed by atoms with van der Waals surface area (Å²) in [6.07, 6.45) is 0.236. The Hall–Kier alpha value is -3.02. The minimum Gasteiger partial charge on any atom is -0.486 e. The van der Waals surface area contributed by atoms with Gasteiger partial charge in [-0.1, -0.05) is 36.4 Å². The molecule has 2 aliphatic heterocycles. The molecule has 0 aromatic heterocycles. The van der Waals surface area contributed by atoms with E-state index < -0.39 is 5.54 Å². The van der Waals surface area contributed by atoms with Gasteiger partial charge in [-0.25, -0.2) is 0 Å². The number of fused-ring (bicyclic) bond motifs is 1. The van der Waals surface area contributed by atoms with Gasteiger partial charge in [-0.15, -0.1) is 0 Å². The van der Waals surface area contributed by atoms with E-state index in [1.54, 1.807) is 4.90 Å². The third-order valence-electron chi connectivity index (χ3n) is 5.98. The van der Waals surface area contributed by atoms with Crippen molar-refractivity contribution < 1.29 is 19.1 Å². The molecule has 1 fully saturated rings. The van der Waals surface area contributed by atoms with Crippen LogP contribution in [0.15, 0.2) is 48.5 Å². The average Bonchev–Trinajstić information content (AvgIpc) is 3.15. The molecular formula is C24H28N2O4. The first-order valence-electron chi connectivity index (χ1n) is 10.4. The van der Waals surface area contributed by atoms with Crippen molar-refractivity contribution in [3.63, 3.8) is 0 Å². The fourth-order valence-electron chi connectivity index (χ4n) is 4.11. The first-order chi connectivity index (χ1) is 14.3. The van der Waals surface area contributed by atoms with Gasteiger partial charge >= 0.3 is 0 Å². The van der Waals surface area contributed by atoms with E-state index in [2.05, 4.69) is 5.32 Å². The molecule has 2 unspecified atom stereocenters. The fraction of sp³-hybridized carbons (Fsp3) is 0.417. The zero-order valence-electron chi connectivity index (χ0n) is 17.7. The van der Waals surface area contributed by atoms with Crippen LogP contribution < -0.4 is 14.8 Å². The monoisotopic (exact) mass is 408 g/mol. The van der Waals surface area contributed by atoms with Crippen molar-refractivity contribution in [2.75, 3.05) is 19.8 Å². The molecule has 0 radical (unpaired) electrons. The third-order valence-corrected chi connectivity index (χ3v) is 5.98. The summed E-state index contributed by atoms with van der Waals surface area (Å²) in [5.41, 5.74) is 1.40. The molecule has 0 saturated carbocycles. The lowest BCUT2D eigenvalue weighted by Gasteiger charge is -2.30. The molecule has 158 valence electrons. The Balaban J connectivity index is 1.44. The molecule has 2 aromatic rings. The van der Waals surface area contributed by atoms with E-state index >= 15 is 0 Å². The van der Waals surface area contributed by atoms with Gasteiger partial charge in [-0.3, -0.25) is 9.59 Å². The molecule has 2 amide bonds. The van der Waals surface area contributed by atoms with Gasteiger partial charge in [0.25, 0.3) is 0 Å². The maximum absolute atomic E-state index is 13.0. The van der Waals surface area contributed by atoms with Crippen LogP contribution in [0.25, 0.3) is 0 Å². The van der Waals surface area contributed by atoms with Gasteiger partial charge in [0, 0.05) is 13.0 Å². The van der Waals surface area contributed by atoms with Gasteiger partial charge in [0.05, 0.1) is 17.5 Å². The SMILES string of the molecule is CC(c1ccccc1)N1CC(C(=O)NC(C)(C)c2ccc3c(c2)OCCO3)CC1=O. The highest BCUT2D eigenvalue weighted by atomic mass is 16.6. The van der Waals surface area contributed by atoms with Crippen molar-refractivity contribution in [1.29, 1.82) is 0 Å². The van der Waals surface area contributed by atoms with Crippen molar-refractivity contribution in [1.82, 2.24) is 10.2 Å². The van der Waals surface area contributed by atoms with Crippen molar-refractivity contribution in [2.45, 2.75) is 38.8 Å². The van der Waals surface area contributed by atoms with Gasteiger partial charge < -0.3 is 19.7 Å². The Bertz CT molecular complexity index is 941. The molecule has 1 saturated heterocycles. The number of hydrogen-bond acceptors (Lipinski definition) is 4. The summed E-state index contributed by atoms with van der Waals surface area (Å²) in [7, 11) is 0. The standard InChI is InChI=1S/C24H28N2O4/c1-16(17-7-5-4-6-8-17)26-15-18(13-22(26)27)23(28)25-24(2,3)19-9-10-20-21(14-19)30-12-11-29-20/h4-10,14,16,18H,11-13,15H2,1-3H3,(H,25,28). The maximum Gasteiger partial charge on any atom is 0.226 e. The number of nitrogens with zero attached hydrogens (tertiary/aromatic N) is 1. The Labute approximate surface area is 177 Å². The molecule has 6 nitrogen and oxygen atoms in total. The first kappa shape index (κ1) is 20.3. The smallest absolute Gasteiger partial charge is 0.226 e. The highest BCUT2D eigenvalue weighted by Crippen LogP contribution is 2.35. The topological polar surface area (TPSA) is 67.9 Å². The lowest BCUT2D eigenvalue weighted by atomic mass is 9.92. The summed E-state index contributed by atoms with van der Waals surface area (Å²) < 4.78 is 11.3. The zero-order chi connectivity index (χ0) is 21.3. The van der Waals surface area contributed by atoms with Crippen LogP contribution in [0.2, 0.25) is 0 Å². The minimum atomic E-state index is -0.603. The van der Waals surface area contributed by atoms with Gasteiger partial charge in [0.15, 0.2) is 11.5 Å². The predicted octanol–water partition coefficient (Wildman–Crippen LogP) is 3.42. The number of benzene rings is 2. The predicted molar refractivity (Wildman–Crippen MR) is 113 cm³/mol. The molecule has 2 atom stereocenters. The van der Waals surface area contributed by atoms with Crippen LogP contribution in [0.4, 0.5) is 0 Å². The summed E-state index contributed by atoms with van der Waals surface area (Å²) in [6, 6.07) is 15.6. The van der Waals surface area contributed by atoms with Crippen LogP contribution in [0.5, 0.6) is 11.5 Å². The Morgan fingerprint density at radius 1 is 1.10 bits per heavy atom. The Kier molecular flexibility index (Phi) is 5.41. The molecule has 2 aromatic carbocycles. The highest BCUT2D eigenvalue weighted by Gasteiger charge is 2.38. The number of likely N-dealkylation sites (tertiary alicyclic amines) is 1. The molecule has 0 spiro atoms. The number of carbonyl (C=O) groups is 2. The quantitative estimate of drug-likeness (QED) is 0.823. The summed E-state index contributed by atoms with van der Waals surface area (Å²) in [4.78, 5) is 27.4. The second-order valence-corrected chi connectivity index (χ2v) is 8.51. The molecule has 1 N–H and O–H groups in total. The molecule has 2 aliphatic rings. The van der Waals surface area contributed by atoms with E-state index in [4.69, 9.17) is 9.47 Å². The number of carbonyl (C=O) groups excluding carboxylic acids is 2. The third kappa shape index (κ3) is 3.99. The van der Waals surface area contributed by atoms with E-state index in [-0.39, 0.29) is 30.2 Å². The highest BCUT2D eigenvalue weighted by molar-refractivity contribution is 5.89. The van der Waals surface area contributed by atoms with E-state index in [1.807, 2.05) is 69.3 Å². The lowest BCUT2D eigenvalue weighted by molar-refractivity contribution is -0.130. The van der Waals surface area contributed by atoms with E-state index in [0.717, 1.165) is 16.9 Å². The van der Waals surface area contributed by atoms with Crippen molar-refractivity contribution in [2.24, 2.45) is 5.92 Å². The second-order valence-electron chi connectivity index (χ2n) is 8.51. The summed E-state index contributed by atoms with van der Waals surface area (Å²) in [5.74, 6) is 0.967. The minimum absolute atomic E-state index is 0.0173. The molecule has 30 heavy (non-hydrogen) atoms. The van der Waals surface area contributed by atoms with Crippen LogP contribution in [-0.4, -0.2) is 36.5 Å². The Morgan fingerprint density at radius 2 is 1.80 bits per heavy atom. The van der Waals surface area contributed by atoms with Crippen LogP contribution in [0.3, 0.4) is 0 Å². The summed E-state index contributed by atoms with van der Waals surface area (Å²) >= 11 is 0. The van der Waals surface area contributed by atoms with Crippen molar-refractivity contribution in [3.05, 3.63) is 59.7 Å². The normalized spacial score (nSPS) is 19.5. The number of rotatable bonds is 5. The number of nitrogens with one attached hydrogen (secondary N) is 1. The molecule has 2 heterocycles. The van der Waals surface area contributed by atoms with Crippen LogP contribution in [0, 0.1) is 5.92 Å². The first-order valence-corrected chi connectivity index (χ1v) is 10.4. The second kappa shape index (κ2) is 8.01. The number of amides is 2. The zero-order valence-corrected chi connectivity index (χ0v) is 17.7. The summed E-state index contributed by atoms with van der Waals surface area (Å²) in [6.45, 7) is 7.41. The molecule has 0 aliphatic carbocycles.